The maximum absolute atomic E-state index is 10.0. The fourth-order valence-corrected chi connectivity index (χ4v) is 5.09. The van der Waals surface area contributed by atoms with E-state index < -0.39 is 0 Å². The molecule has 0 amide bonds. The number of phenolic OH excluding ortho intramolecular Hbond substituents is 1. The minimum atomic E-state index is 0.261. The second-order valence-corrected chi connectivity index (χ2v) is 9.08. The van der Waals surface area contributed by atoms with Gasteiger partial charge in [-0.25, -0.2) is 0 Å². The van der Waals surface area contributed by atoms with Crippen LogP contribution in [0.3, 0.4) is 0 Å². The number of hydrogen-bond donors (Lipinski definition) is 2. The Balaban J connectivity index is 1.61. The Morgan fingerprint density at radius 3 is 2.25 bits per heavy atom. The van der Waals surface area contributed by atoms with Crippen molar-refractivity contribution in [1.82, 2.24) is 14.7 Å². The van der Waals surface area contributed by atoms with Crippen molar-refractivity contribution in [2.45, 2.75) is 71.6 Å². The molecule has 2 heterocycles. The summed E-state index contributed by atoms with van der Waals surface area (Å²) in [6.07, 6.45) is 3.35. The molecule has 28 heavy (non-hydrogen) atoms. The van der Waals surface area contributed by atoms with Crippen molar-refractivity contribution >= 4 is 0 Å². The average Bonchev–Trinajstić information content (AvgIpc) is 2.67. The summed E-state index contributed by atoms with van der Waals surface area (Å²) in [6.45, 7) is 15.3. The number of benzene rings is 1. The standard InChI is InChI=1S/C23H39N3O2/c1-17(2)25-8-5-21(6-9-25)26-11-10-24(16-22(26)7-12-27)15-20-13-18(3)23(28)19(4)14-20/h13-14,17,21-22,27-28H,5-12,15-16H2,1-4H3. The number of aliphatic hydroxyl groups is 1. The van der Waals surface area contributed by atoms with Crippen LogP contribution in [0.25, 0.3) is 0 Å². The van der Waals surface area contributed by atoms with Gasteiger partial charge in [0.25, 0.3) is 0 Å². The number of aromatic hydroxyl groups is 1. The number of phenols is 1. The van der Waals surface area contributed by atoms with E-state index in [1.54, 1.807) is 0 Å². The highest BCUT2D eigenvalue weighted by Crippen LogP contribution is 2.27. The number of nitrogens with zero attached hydrogens (tertiary/aromatic N) is 3. The summed E-state index contributed by atoms with van der Waals surface area (Å²) in [7, 11) is 0. The minimum absolute atomic E-state index is 0.261. The lowest BCUT2D eigenvalue weighted by Gasteiger charge is -2.48. The van der Waals surface area contributed by atoms with Gasteiger partial charge in [0, 0.05) is 50.9 Å². The monoisotopic (exact) mass is 389 g/mol. The van der Waals surface area contributed by atoms with Gasteiger partial charge in [-0.1, -0.05) is 12.1 Å². The summed E-state index contributed by atoms with van der Waals surface area (Å²) >= 11 is 0. The Hall–Kier alpha value is -1.14. The number of rotatable bonds is 6. The van der Waals surface area contributed by atoms with Crippen LogP contribution in [0.1, 0.15) is 49.8 Å². The van der Waals surface area contributed by atoms with Gasteiger partial charge in [-0.05, 0) is 76.7 Å². The first-order valence-electron chi connectivity index (χ1n) is 11.0. The number of piperazine rings is 1. The molecule has 2 aliphatic rings. The van der Waals surface area contributed by atoms with E-state index >= 15 is 0 Å². The lowest BCUT2D eigenvalue weighted by molar-refractivity contribution is -0.0000389. The summed E-state index contributed by atoms with van der Waals surface area (Å²) in [6, 6.07) is 5.96. The molecule has 2 N–H and O–H groups in total. The zero-order valence-electron chi connectivity index (χ0n) is 18.2. The zero-order valence-corrected chi connectivity index (χ0v) is 18.2. The SMILES string of the molecule is Cc1cc(CN2CCN(C3CCN(C(C)C)CC3)C(CCO)C2)cc(C)c1O. The van der Waals surface area contributed by atoms with E-state index in [4.69, 9.17) is 0 Å². The van der Waals surface area contributed by atoms with E-state index in [0.29, 0.717) is 23.9 Å². The molecule has 3 rings (SSSR count). The number of likely N-dealkylation sites (tertiary alicyclic amines) is 1. The van der Waals surface area contributed by atoms with E-state index in [9.17, 15) is 10.2 Å². The van der Waals surface area contributed by atoms with Crippen LogP contribution in [0.2, 0.25) is 0 Å². The van der Waals surface area contributed by atoms with Crippen molar-refractivity contribution in [3.05, 3.63) is 28.8 Å². The molecule has 1 unspecified atom stereocenters. The van der Waals surface area contributed by atoms with E-state index in [1.165, 1.54) is 31.5 Å². The molecule has 0 radical (unpaired) electrons. The van der Waals surface area contributed by atoms with Crippen LogP contribution in [0, 0.1) is 13.8 Å². The second-order valence-electron chi connectivity index (χ2n) is 9.08. The minimum Gasteiger partial charge on any atom is -0.507 e. The molecule has 0 bridgehead atoms. The molecule has 1 aromatic rings. The van der Waals surface area contributed by atoms with Crippen LogP contribution < -0.4 is 0 Å². The Bertz CT molecular complexity index is 618. The smallest absolute Gasteiger partial charge is 0.121 e. The first kappa shape index (κ1) is 21.6. The fourth-order valence-electron chi connectivity index (χ4n) is 5.09. The van der Waals surface area contributed by atoms with Gasteiger partial charge in [-0.2, -0.15) is 0 Å². The van der Waals surface area contributed by atoms with Gasteiger partial charge in [0.2, 0.25) is 0 Å². The fraction of sp³-hybridized carbons (Fsp3) is 0.739. The maximum Gasteiger partial charge on any atom is 0.121 e. The molecule has 1 atom stereocenters. The molecule has 1 aromatic carbocycles. The van der Waals surface area contributed by atoms with Crippen LogP contribution in [0.15, 0.2) is 12.1 Å². The molecular weight excluding hydrogens is 350 g/mol. The third-order valence-corrected chi connectivity index (χ3v) is 6.73. The third-order valence-electron chi connectivity index (χ3n) is 6.73. The summed E-state index contributed by atoms with van der Waals surface area (Å²) in [5, 5.41) is 19.7. The van der Waals surface area contributed by atoms with Crippen molar-refractivity contribution in [2.75, 3.05) is 39.3 Å². The first-order chi connectivity index (χ1) is 13.4. The summed E-state index contributed by atoms with van der Waals surface area (Å²) < 4.78 is 0. The van der Waals surface area contributed by atoms with Crippen molar-refractivity contribution in [3.8, 4) is 5.75 Å². The van der Waals surface area contributed by atoms with E-state index in [2.05, 4.69) is 40.7 Å². The molecular formula is C23H39N3O2. The quantitative estimate of drug-likeness (QED) is 0.784. The zero-order chi connectivity index (χ0) is 20.3. The Morgan fingerprint density at radius 2 is 1.68 bits per heavy atom. The van der Waals surface area contributed by atoms with Crippen LogP contribution in [-0.4, -0.2) is 82.4 Å². The number of aliphatic hydroxyl groups excluding tert-OH is 1. The van der Waals surface area contributed by atoms with E-state index in [-0.39, 0.29) is 6.61 Å². The first-order valence-corrected chi connectivity index (χ1v) is 11.0. The van der Waals surface area contributed by atoms with Crippen LogP contribution >= 0.6 is 0 Å². The number of hydrogen-bond acceptors (Lipinski definition) is 5. The van der Waals surface area contributed by atoms with Crippen LogP contribution in [-0.2, 0) is 6.54 Å². The van der Waals surface area contributed by atoms with Crippen molar-refractivity contribution < 1.29 is 10.2 Å². The predicted molar refractivity (Wildman–Crippen MR) is 115 cm³/mol. The number of aryl methyl sites for hydroxylation is 2. The van der Waals surface area contributed by atoms with Gasteiger partial charge < -0.3 is 15.1 Å². The molecule has 5 heteroatoms. The second kappa shape index (κ2) is 9.57. The molecule has 5 nitrogen and oxygen atoms in total. The largest absolute Gasteiger partial charge is 0.507 e. The van der Waals surface area contributed by atoms with Gasteiger partial charge in [-0.3, -0.25) is 9.80 Å². The Morgan fingerprint density at radius 1 is 1.04 bits per heavy atom. The van der Waals surface area contributed by atoms with Crippen LogP contribution in [0.5, 0.6) is 5.75 Å². The Kier molecular flexibility index (Phi) is 7.37. The molecule has 2 saturated heterocycles. The lowest BCUT2D eigenvalue weighted by atomic mass is 9.97. The summed E-state index contributed by atoms with van der Waals surface area (Å²) in [4.78, 5) is 7.80. The van der Waals surface area contributed by atoms with Crippen LogP contribution in [0.4, 0.5) is 0 Å². The average molecular weight is 390 g/mol. The third kappa shape index (κ3) is 5.07. The predicted octanol–water partition coefficient (Wildman–Crippen LogP) is 2.75. The van der Waals surface area contributed by atoms with E-state index in [0.717, 1.165) is 43.7 Å². The number of piperidine rings is 1. The highest BCUT2D eigenvalue weighted by molar-refractivity contribution is 5.42. The van der Waals surface area contributed by atoms with Crippen molar-refractivity contribution in [2.24, 2.45) is 0 Å². The molecule has 0 saturated carbocycles. The lowest BCUT2D eigenvalue weighted by Crippen LogP contribution is -2.58. The molecule has 0 aromatic heterocycles. The molecule has 2 aliphatic heterocycles. The normalized spacial score (nSPS) is 23.6. The summed E-state index contributed by atoms with van der Waals surface area (Å²) in [5.74, 6) is 0.416. The molecule has 158 valence electrons. The van der Waals surface area contributed by atoms with Crippen molar-refractivity contribution in [3.63, 3.8) is 0 Å². The van der Waals surface area contributed by atoms with E-state index in [1.807, 2.05) is 13.8 Å². The maximum atomic E-state index is 10.0. The van der Waals surface area contributed by atoms with Gasteiger partial charge in [0.1, 0.15) is 5.75 Å². The van der Waals surface area contributed by atoms with Gasteiger partial charge >= 0.3 is 0 Å². The summed E-state index contributed by atoms with van der Waals surface area (Å²) in [5.41, 5.74) is 3.18. The molecule has 2 fully saturated rings. The van der Waals surface area contributed by atoms with Gasteiger partial charge in [-0.15, -0.1) is 0 Å². The molecule has 0 spiro atoms. The van der Waals surface area contributed by atoms with Crippen molar-refractivity contribution in [1.29, 1.82) is 0 Å². The topological polar surface area (TPSA) is 50.2 Å². The highest BCUT2D eigenvalue weighted by atomic mass is 16.3. The van der Waals surface area contributed by atoms with Gasteiger partial charge in [0.05, 0.1) is 0 Å². The Labute approximate surface area is 170 Å². The highest BCUT2D eigenvalue weighted by Gasteiger charge is 2.33. The molecule has 0 aliphatic carbocycles. The van der Waals surface area contributed by atoms with Gasteiger partial charge in [0.15, 0.2) is 0 Å².